The number of aryl methyl sites for hydroxylation is 1. The quantitative estimate of drug-likeness (QED) is 0.392. The Morgan fingerprint density at radius 2 is 1.49 bits per heavy atom. The lowest BCUT2D eigenvalue weighted by Crippen LogP contribution is -2.54. The lowest BCUT2D eigenvalue weighted by atomic mass is 9.65. The smallest absolute Gasteiger partial charge is 0.267 e. The largest absolute Gasteiger partial charge is 0.392 e. The summed E-state index contributed by atoms with van der Waals surface area (Å²) < 4.78 is 0. The van der Waals surface area contributed by atoms with Crippen molar-refractivity contribution in [3.05, 3.63) is 57.8 Å². The maximum absolute atomic E-state index is 12.3. The molecule has 0 saturated heterocycles. The zero-order valence-corrected chi connectivity index (χ0v) is 20.5. The van der Waals surface area contributed by atoms with Gasteiger partial charge in [-0.05, 0) is 38.0 Å². The molecule has 9 nitrogen and oxygen atoms in total. The van der Waals surface area contributed by atoms with E-state index in [0.717, 1.165) is 67.3 Å². The summed E-state index contributed by atoms with van der Waals surface area (Å²) in [5, 5.41) is 27.5. The highest BCUT2D eigenvalue weighted by molar-refractivity contribution is 5.85. The Kier molecular flexibility index (Phi) is 6.37. The molecule has 2 atom stereocenters. The molecule has 1 aromatic carbocycles. The first-order valence-electron chi connectivity index (χ1n) is 12.6. The summed E-state index contributed by atoms with van der Waals surface area (Å²) >= 11 is 0. The van der Waals surface area contributed by atoms with E-state index in [2.05, 4.69) is 33.8 Å². The van der Waals surface area contributed by atoms with Crippen LogP contribution in [0.15, 0.2) is 41.0 Å². The van der Waals surface area contributed by atoms with E-state index in [1.165, 1.54) is 0 Å². The van der Waals surface area contributed by atoms with Crippen LogP contribution >= 0.6 is 0 Å². The van der Waals surface area contributed by atoms with Crippen molar-refractivity contribution in [2.75, 3.05) is 22.9 Å². The SMILES string of the molecule is CCCCN1C(=CC2C(O)C(c3c(C)[nH][nH]c3=O)C2O)N(CCCC)c2nc3ccccc3nc21. The van der Waals surface area contributed by atoms with Crippen LogP contribution in [0.4, 0.5) is 11.6 Å². The van der Waals surface area contributed by atoms with Crippen molar-refractivity contribution in [3.63, 3.8) is 0 Å². The van der Waals surface area contributed by atoms with E-state index >= 15 is 0 Å². The van der Waals surface area contributed by atoms with Crippen LogP contribution < -0.4 is 15.4 Å². The molecule has 1 aliphatic carbocycles. The Balaban J connectivity index is 1.55. The van der Waals surface area contributed by atoms with Crippen molar-refractivity contribution in [2.24, 2.45) is 5.92 Å². The standard InChI is InChI=1S/C26H34N6O3/c1-4-6-12-31-19(14-16-22(33)21(23(16)34)20-15(3)29-30-26(20)35)32(13-7-5-2)25-24(31)27-17-10-8-9-11-18(17)28-25/h8-11,14,16,21-23,33-34H,4-7,12-13H2,1-3H3,(H2,29,30,35). The number of nitrogens with zero attached hydrogens (tertiary/aromatic N) is 4. The normalized spacial score (nSPS) is 23.6. The van der Waals surface area contributed by atoms with Gasteiger partial charge in [-0.25, -0.2) is 9.97 Å². The lowest BCUT2D eigenvalue weighted by molar-refractivity contribution is -0.0951. The van der Waals surface area contributed by atoms with Gasteiger partial charge in [0.1, 0.15) is 5.82 Å². The highest BCUT2D eigenvalue weighted by atomic mass is 16.3. The van der Waals surface area contributed by atoms with Gasteiger partial charge in [-0.2, -0.15) is 0 Å². The Hall–Kier alpha value is -3.17. The number of nitrogens with one attached hydrogen (secondary N) is 2. The molecule has 2 unspecified atom stereocenters. The second kappa shape index (κ2) is 9.47. The van der Waals surface area contributed by atoms with E-state index < -0.39 is 24.0 Å². The van der Waals surface area contributed by atoms with Crippen LogP contribution in [0.3, 0.4) is 0 Å². The van der Waals surface area contributed by atoms with Gasteiger partial charge >= 0.3 is 0 Å². The molecule has 3 heterocycles. The van der Waals surface area contributed by atoms with Crippen LogP contribution in [-0.2, 0) is 0 Å². The number of rotatable bonds is 8. The van der Waals surface area contributed by atoms with Crippen LogP contribution in [0, 0.1) is 12.8 Å². The van der Waals surface area contributed by atoms with Crippen molar-refractivity contribution in [1.29, 1.82) is 0 Å². The number of hydrogen-bond donors (Lipinski definition) is 4. The Bertz CT molecular complexity index is 1230. The first kappa shape index (κ1) is 23.6. The number of aliphatic hydroxyl groups excluding tert-OH is 2. The minimum Gasteiger partial charge on any atom is -0.392 e. The molecule has 1 saturated carbocycles. The van der Waals surface area contributed by atoms with Crippen molar-refractivity contribution in [2.45, 2.75) is 64.6 Å². The number of H-pyrrole nitrogens is 2. The predicted octanol–water partition coefficient (Wildman–Crippen LogP) is 3.16. The van der Waals surface area contributed by atoms with E-state index in [-0.39, 0.29) is 5.56 Å². The summed E-state index contributed by atoms with van der Waals surface area (Å²) in [6, 6.07) is 7.87. The van der Waals surface area contributed by atoms with Gasteiger partial charge in [-0.15, -0.1) is 0 Å². The minimum atomic E-state index is -0.863. The molecule has 5 rings (SSSR count). The van der Waals surface area contributed by atoms with Gasteiger partial charge < -0.3 is 25.1 Å². The van der Waals surface area contributed by atoms with Gasteiger partial charge in [0.25, 0.3) is 5.56 Å². The van der Waals surface area contributed by atoms with Crippen molar-refractivity contribution >= 4 is 22.7 Å². The molecule has 2 aromatic heterocycles. The van der Waals surface area contributed by atoms with Crippen LogP contribution in [0.5, 0.6) is 0 Å². The van der Waals surface area contributed by atoms with E-state index in [1.54, 1.807) is 6.92 Å². The Morgan fingerprint density at radius 1 is 0.943 bits per heavy atom. The van der Waals surface area contributed by atoms with Gasteiger partial charge in [0, 0.05) is 36.2 Å². The summed E-state index contributed by atoms with van der Waals surface area (Å²) in [6.07, 6.45) is 4.24. The highest BCUT2D eigenvalue weighted by Crippen LogP contribution is 2.46. The second-order valence-corrected chi connectivity index (χ2v) is 9.60. The number of anilines is 2. The molecule has 0 amide bonds. The summed E-state index contributed by atoms with van der Waals surface area (Å²) in [7, 11) is 0. The van der Waals surface area contributed by atoms with Gasteiger partial charge in [-0.1, -0.05) is 38.8 Å². The van der Waals surface area contributed by atoms with Crippen LogP contribution in [-0.4, -0.2) is 55.7 Å². The number of aliphatic hydroxyl groups is 2. The van der Waals surface area contributed by atoms with Crippen LogP contribution in [0.1, 0.15) is 56.7 Å². The van der Waals surface area contributed by atoms with E-state index in [1.807, 2.05) is 30.3 Å². The van der Waals surface area contributed by atoms with Gasteiger partial charge in [-0.3, -0.25) is 9.89 Å². The molecule has 0 bridgehead atoms. The zero-order valence-electron chi connectivity index (χ0n) is 20.5. The maximum atomic E-state index is 12.3. The molecule has 2 aliphatic rings. The van der Waals surface area contributed by atoms with Crippen LogP contribution in [0.2, 0.25) is 0 Å². The Labute approximate surface area is 204 Å². The number of aromatic nitrogens is 4. The van der Waals surface area contributed by atoms with Gasteiger partial charge in [0.2, 0.25) is 0 Å². The summed E-state index contributed by atoms with van der Waals surface area (Å²) in [5.74, 6) is 1.41. The minimum absolute atomic E-state index is 0.292. The number of para-hydroxylation sites is 2. The fourth-order valence-corrected chi connectivity index (χ4v) is 5.26. The third-order valence-electron chi connectivity index (χ3n) is 7.28. The number of unbranched alkanes of at least 4 members (excludes halogenated alkanes) is 2. The van der Waals surface area contributed by atoms with Crippen LogP contribution in [0.25, 0.3) is 11.0 Å². The molecular weight excluding hydrogens is 444 g/mol. The topological polar surface area (TPSA) is 121 Å². The lowest BCUT2D eigenvalue weighted by Gasteiger charge is -2.45. The predicted molar refractivity (Wildman–Crippen MR) is 137 cm³/mol. The van der Waals surface area contributed by atoms with Gasteiger partial charge in [0.05, 0.1) is 23.2 Å². The molecule has 3 aromatic rings. The zero-order chi connectivity index (χ0) is 24.7. The summed E-state index contributed by atoms with van der Waals surface area (Å²) in [6.45, 7) is 7.62. The number of benzene rings is 1. The average molecular weight is 479 g/mol. The number of aromatic amines is 2. The molecule has 186 valence electrons. The summed E-state index contributed by atoms with van der Waals surface area (Å²) in [5.41, 5.74) is 2.46. The van der Waals surface area contributed by atoms with Crippen molar-refractivity contribution in [1.82, 2.24) is 20.2 Å². The third-order valence-corrected chi connectivity index (χ3v) is 7.28. The van der Waals surface area contributed by atoms with Crippen molar-refractivity contribution < 1.29 is 10.2 Å². The first-order valence-corrected chi connectivity index (χ1v) is 12.6. The third kappa shape index (κ3) is 3.92. The van der Waals surface area contributed by atoms with E-state index in [4.69, 9.17) is 9.97 Å². The number of hydrogen-bond acceptors (Lipinski definition) is 7. The fourth-order valence-electron chi connectivity index (χ4n) is 5.26. The number of fused-ring (bicyclic) bond motifs is 2. The molecule has 0 radical (unpaired) electrons. The van der Waals surface area contributed by atoms with E-state index in [9.17, 15) is 15.0 Å². The van der Waals surface area contributed by atoms with Crippen molar-refractivity contribution in [3.8, 4) is 0 Å². The second-order valence-electron chi connectivity index (χ2n) is 9.60. The first-order chi connectivity index (χ1) is 17.0. The molecular formula is C26H34N6O3. The molecule has 1 fully saturated rings. The highest BCUT2D eigenvalue weighted by Gasteiger charge is 2.51. The maximum Gasteiger partial charge on any atom is 0.267 e. The molecule has 9 heteroatoms. The molecule has 1 aliphatic heterocycles. The van der Waals surface area contributed by atoms with E-state index in [0.29, 0.717) is 11.3 Å². The van der Waals surface area contributed by atoms with Gasteiger partial charge in [0.15, 0.2) is 11.6 Å². The molecule has 35 heavy (non-hydrogen) atoms. The Morgan fingerprint density at radius 3 is 1.94 bits per heavy atom. The fraction of sp³-hybridized carbons (Fsp3) is 0.500. The monoisotopic (exact) mass is 478 g/mol. The summed E-state index contributed by atoms with van der Waals surface area (Å²) in [4.78, 5) is 26.6. The molecule has 0 spiro atoms. The average Bonchev–Trinajstić information content (AvgIpc) is 3.33. The molecule has 4 N–H and O–H groups in total.